The zero-order chi connectivity index (χ0) is 13.8. The summed E-state index contributed by atoms with van der Waals surface area (Å²) >= 11 is 0. The van der Waals surface area contributed by atoms with Crippen LogP contribution >= 0.6 is 0 Å². The van der Waals surface area contributed by atoms with Crippen LogP contribution in [0.4, 0.5) is 5.82 Å². The molecule has 1 aromatic carbocycles. The lowest BCUT2D eigenvalue weighted by Crippen LogP contribution is -2.07. The number of nitrogens with one attached hydrogen (secondary N) is 1. The first-order valence-corrected chi connectivity index (χ1v) is 6.70. The van der Waals surface area contributed by atoms with Gasteiger partial charge in [0.1, 0.15) is 6.33 Å². The van der Waals surface area contributed by atoms with E-state index >= 15 is 0 Å². The van der Waals surface area contributed by atoms with Crippen molar-refractivity contribution in [2.24, 2.45) is 0 Å². The number of rotatable bonds is 5. The highest BCUT2D eigenvalue weighted by atomic mass is 15.4. The first kappa shape index (κ1) is 12.5. The monoisotopic (exact) mass is 268 g/mol. The maximum Gasteiger partial charge on any atom is 0.183 e. The number of hydrogen-bond acceptors (Lipinski definition) is 5. The van der Waals surface area contributed by atoms with Crippen molar-refractivity contribution in [2.75, 3.05) is 11.9 Å². The topological polar surface area (TPSA) is 68.5 Å². The Labute approximate surface area is 116 Å². The largest absolute Gasteiger partial charge is 0.368 e. The maximum atomic E-state index is 4.25. The fourth-order valence-electron chi connectivity index (χ4n) is 2.10. The van der Waals surface area contributed by atoms with E-state index in [0.717, 1.165) is 36.5 Å². The van der Waals surface area contributed by atoms with Crippen molar-refractivity contribution in [3.05, 3.63) is 42.2 Å². The minimum atomic E-state index is 0.724. The lowest BCUT2D eigenvalue weighted by Gasteiger charge is -2.05. The fourth-order valence-corrected chi connectivity index (χ4v) is 2.10. The highest BCUT2D eigenvalue weighted by Gasteiger charge is 2.09. The Morgan fingerprint density at radius 1 is 1.15 bits per heavy atom. The summed E-state index contributed by atoms with van der Waals surface area (Å²) in [5.41, 5.74) is 2.79. The average molecular weight is 268 g/mol. The van der Waals surface area contributed by atoms with E-state index < -0.39 is 0 Å². The van der Waals surface area contributed by atoms with E-state index in [-0.39, 0.29) is 0 Å². The second kappa shape index (κ2) is 5.64. The van der Waals surface area contributed by atoms with E-state index in [1.54, 1.807) is 11.0 Å². The van der Waals surface area contributed by atoms with E-state index in [4.69, 9.17) is 0 Å². The van der Waals surface area contributed by atoms with Crippen LogP contribution in [0, 0.1) is 0 Å². The predicted octanol–water partition coefficient (Wildman–Crippen LogP) is 1.90. The van der Waals surface area contributed by atoms with Gasteiger partial charge in [-0.1, -0.05) is 35.5 Å². The van der Waals surface area contributed by atoms with Crippen LogP contribution in [0.2, 0.25) is 0 Å². The van der Waals surface area contributed by atoms with Crippen LogP contribution in [0.5, 0.6) is 0 Å². The molecule has 2 aromatic heterocycles. The van der Waals surface area contributed by atoms with Gasteiger partial charge in [0.2, 0.25) is 0 Å². The highest BCUT2D eigenvalue weighted by Crippen LogP contribution is 2.15. The minimum Gasteiger partial charge on any atom is -0.368 e. The molecule has 0 saturated carbocycles. The summed E-state index contributed by atoms with van der Waals surface area (Å²) < 4.78 is 1.76. The summed E-state index contributed by atoms with van der Waals surface area (Å²) in [4.78, 5) is 8.47. The number of aromatic nitrogens is 5. The Balaban J connectivity index is 1.73. The first-order chi connectivity index (χ1) is 9.88. The quantitative estimate of drug-likeness (QED) is 0.765. The Morgan fingerprint density at radius 3 is 2.80 bits per heavy atom. The molecular weight excluding hydrogens is 252 g/mol. The van der Waals surface area contributed by atoms with E-state index in [1.165, 1.54) is 5.56 Å². The lowest BCUT2D eigenvalue weighted by atomic mass is 10.1. The summed E-state index contributed by atoms with van der Waals surface area (Å²) in [7, 11) is 0. The SMILES string of the molecule is CCn1nnc2c(NCCc3ccccc3)ncnc21. The fraction of sp³-hybridized carbons (Fsp3) is 0.286. The third kappa shape index (κ3) is 2.45. The summed E-state index contributed by atoms with van der Waals surface area (Å²) in [6.07, 6.45) is 2.48. The van der Waals surface area contributed by atoms with Crippen LogP contribution in [-0.2, 0) is 13.0 Å². The third-order valence-corrected chi connectivity index (χ3v) is 3.15. The normalized spacial score (nSPS) is 10.8. The van der Waals surface area contributed by atoms with Gasteiger partial charge in [0.15, 0.2) is 17.0 Å². The smallest absolute Gasteiger partial charge is 0.183 e. The van der Waals surface area contributed by atoms with Gasteiger partial charge in [-0.05, 0) is 18.9 Å². The van der Waals surface area contributed by atoms with Crippen molar-refractivity contribution < 1.29 is 0 Å². The Bertz CT molecular complexity index is 691. The van der Waals surface area contributed by atoms with Crippen LogP contribution in [0.15, 0.2) is 36.7 Å². The molecule has 6 heteroatoms. The zero-order valence-electron chi connectivity index (χ0n) is 11.3. The molecule has 0 saturated heterocycles. The summed E-state index contributed by atoms with van der Waals surface area (Å²) in [5, 5.41) is 11.5. The van der Waals surface area contributed by atoms with Crippen molar-refractivity contribution in [3.63, 3.8) is 0 Å². The van der Waals surface area contributed by atoms with Crippen molar-refractivity contribution in [2.45, 2.75) is 19.9 Å². The maximum absolute atomic E-state index is 4.25. The molecule has 1 N–H and O–H groups in total. The van der Waals surface area contributed by atoms with E-state index in [9.17, 15) is 0 Å². The lowest BCUT2D eigenvalue weighted by molar-refractivity contribution is 0.641. The van der Waals surface area contributed by atoms with Gasteiger partial charge in [-0.15, -0.1) is 5.10 Å². The van der Waals surface area contributed by atoms with Crippen LogP contribution in [0.3, 0.4) is 0 Å². The van der Waals surface area contributed by atoms with Crippen molar-refractivity contribution in [1.82, 2.24) is 25.0 Å². The molecule has 0 amide bonds. The number of anilines is 1. The Kier molecular flexibility index (Phi) is 3.54. The summed E-state index contributed by atoms with van der Waals surface area (Å²) in [5.74, 6) is 0.741. The first-order valence-electron chi connectivity index (χ1n) is 6.70. The van der Waals surface area contributed by atoms with Crippen molar-refractivity contribution in [1.29, 1.82) is 0 Å². The molecule has 0 aliphatic rings. The number of benzene rings is 1. The molecule has 6 nitrogen and oxygen atoms in total. The molecule has 0 aliphatic heterocycles. The van der Waals surface area contributed by atoms with Gasteiger partial charge in [0.25, 0.3) is 0 Å². The number of fused-ring (bicyclic) bond motifs is 1. The van der Waals surface area contributed by atoms with Gasteiger partial charge in [0, 0.05) is 13.1 Å². The second-order valence-corrected chi connectivity index (χ2v) is 4.46. The van der Waals surface area contributed by atoms with Gasteiger partial charge < -0.3 is 5.32 Å². The second-order valence-electron chi connectivity index (χ2n) is 4.46. The molecule has 20 heavy (non-hydrogen) atoms. The predicted molar refractivity (Wildman–Crippen MR) is 77.4 cm³/mol. The number of hydrogen-bond donors (Lipinski definition) is 1. The molecule has 0 fully saturated rings. The zero-order valence-corrected chi connectivity index (χ0v) is 11.3. The Hall–Kier alpha value is -2.50. The molecule has 2 heterocycles. The van der Waals surface area contributed by atoms with E-state index in [0.29, 0.717) is 0 Å². The van der Waals surface area contributed by atoms with Crippen LogP contribution in [0.1, 0.15) is 12.5 Å². The van der Waals surface area contributed by atoms with E-state index in [2.05, 4.69) is 37.7 Å². The molecule has 3 rings (SSSR count). The molecule has 0 atom stereocenters. The van der Waals surface area contributed by atoms with Gasteiger partial charge in [-0.25, -0.2) is 14.6 Å². The van der Waals surface area contributed by atoms with Crippen molar-refractivity contribution >= 4 is 17.0 Å². The molecule has 0 aliphatic carbocycles. The Morgan fingerprint density at radius 2 is 2.00 bits per heavy atom. The summed E-state index contributed by atoms with van der Waals surface area (Å²) in [6, 6.07) is 10.3. The molecule has 0 bridgehead atoms. The standard InChI is InChI=1S/C14H16N6/c1-2-20-14-12(18-19-20)13(16-10-17-14)15-9-8-11-6-4-3-5-7-11/h3-7,10H,2,8-9H2,1H3,(H,15,16,17). The van der Waals surface area contributed by atoms with Gasteiger partial charge in [-0.2, -0.15) is 0 Å². The average Bonchev–Trinajstić information content (AvgIpc) is 2.92. The van der Waals surface area contributed by atoms with Crippen LogP contribution < -0.4 is 5.32 Å². The summed E-state index contributed by atoms with van der Waals surface area (Å²) in [6.45, 7) is 3.56. The van der Waals surface area contributed by atoms with E-state index in [1.807, 2.05) is 25.1 Å². The van der Waals surface area contributed by atoms with Crippen LogP contribution in [-0.4, -0.2) is 31.5 Å². The molecule has 0 unspecified atom stereocenters. The number of nitrogens with zero attached hydrogens (tertiary/aromatic N) is 5. The van der Waals surface area contributed by atoms with Gasteiger partial charge in [0.05, 0.1) is 0 Å². The highest BCUT2D eigenvalue weighted by molar-refractivity contribution is 5.81. The van der Waals surface area contributed by atoms with Crippen LogP contribution in [0.25, 0.3) is 11.2 Å². The molecule has 3 aromatic rings. The minimum absolute atomic E-state index is 0.724. The molecule has 0 spiro atoms. The molecule has 102 valence electrons. The van der Waals surface area contributed by atoms with Gasteiger partial charge in [-0.3, -0.25) is 0 Å². The molecular formula is C14H16N6. The number of aryl methyl sites for hydroxylation is 1. The molecule has 0 radical (unpaired) electrons. The third-order valence-electron chi connectivity index (χ3n) is 3.15. The van der Waals surface area contributed by atoms with Gasteiger partial charge >= 0.3 is 0 Å². The van der Waals surface area contributed by atoms with Crippen molar-refractivity contribution in [3.8, 4) is 0 Å².